The van der Waals surface area contributed by atoms with Crippen molar-refractivity contribution in [1.29, 1.82) is 0 Å². The maximum Gasteiger partial charge on any atom is 0.308 e. The zero-order chi connectivity index (χ0) is 13.3. The first-order valence-corrected chi connectivity index (χ1v) is 6.49. The van der Waals surface area contributed by atoms with Gasteiger partial charge in [0.25, 0.3) is 0 Å². The van der Waals surface area contributed by atoms with Crippen molar-refractivity contribution in [2.75, 3.05) is 11.9 Å². The van der Waals surface area contributed by atoms with Crippen LogP contribution in [0.4, 0.5) is 8.78 Å². The number of hydrogen-bond acceptors (Lipinski definition) is 2. The van der Waals surface area contributed by atoms with Gasteiger partial charge in [0, 0.05) is 17.0 Å². The Morgan fingerprint density at radius 1 is 1.56 bits per heavy atom. The fourth-order valence-electron chi connectivity index (χ4n) is 2.15. The van der Waals surface area contributed by atoms with Gasteiger partial charge < -0.3 is 9.84 Å². The molecule has 2 atom stereocenters. The lowest BCUT2D eigenvalue weighted by molar-refractivity contribution is -0.141. The van der Waals surface area contributed by atoms with Crippen molar-refractivity contribution in [3.8, 4) is 0 Å². The van der Waals surface area contributed by atoms with E-state index in [1.54, 1.807) is 0 Å². The Balaban J connectivity index is 2.37. The fraction of sp³-hybridized carbons (Fsp3) is 0.417. The Morgan fingerprint density at radius 3 is 2.78 bits per heavy atom. The van der Waals surface area contributed by atoms with Gasteiger partial charge >= 0.3 is 5.97 Å². The molecule has 3 nitrogen and oxygen atoms in total. The van der Waals surface area contributed by atoms with Gasteiger partial charge in [0.05, 0.1) is 12.5 Å². The molecule has 0 saturated carbocycles. The minimum atomic E-state index is -1.04. The van der Waals surface area contributed by atoms with Crippen LogP contribution >= 0.6 is 15.9 Å². The number of aliphatic carboxylic acids is 1. The van der Waals surface area contributed by atoms with Gasteiger partial charge in [-0.1, -0.05) is 22.0 Å². The van der Waals surface area contributed by atoms with E-state index in [0.717, 1.165) is 12.1 Å². The number of carboxylic acids is 1. The molecule has 1 fully saturated rings. The smallest absolute Gasteiger partial charge is 0.308 e. The fourth-order valence-corrected chi connectivity index (χ4v) is 2.84. The van der Waals surface area contributed by atoms with Crippen LogP contribution in [0.5, 0.6) is 0 Å². The van der Waals surface area contributed by atoms with Gasteiger partial charge in [-0.2, -0.15) is 0 Å². The summed E-state index contributed by atoms with van der Waals surface area (Å²) in [5.74, 6) is -3.04. The molecular weight excluding hydrogens is 310 g/mol. The Hall–Kier alpha value is -1.01. The average molecular weight is 321 g/mol. The molecule has 0 spiro atoms. The van der Waals surface area contributed by atoms with E-state index in [0.29, 0.717) is 0 Å². The first-order valence-electron chi connectivity index (χ1n) is 5.37. The maximum atomic E-state index is 13.8. The van der Waals surface area contributed by atoms with E-state index in [9.17, 15) is 13.6 Å². The van der Waals surface area contributed by atoms with Gasteiger partial charge in [-0.15, -0.1) is 0 Å². The van der Waals surface area contributed by atoms with Crippen molar-refractivity contribution in [2.45, 2.75) is 12.0 Å². The summed E-state index contributed by atoms with van der Waals surface area (Å²) in [6.45, 7) is 0.0255. The lowest BCUT2D eigenvalue weighted by Crippen LogP contribution is -2.29. The molecule has 1 saturated heterocycles. The highest BCUT2D eigenvalue weighted by Crippen LogP contribution is 2.41. The van der Waals surface area contributed by atoms with Gasteiger partial charge in [0.2, 0.25) is 0 Å². The molecule has 1 aromatic rings. The normalized spacial score (nSPS) is 27.4. The molecule has 1 heterocycles. The first-order chi connectivity index (χ1) is 8.48. The third kappa shape index (κ3) is 2.27. The van der Waals surface area contributed by atoms with Crippen LogP contribution in [0, 0.1) is 17.6 Å². The van der Waals surface area contributed by atoms with E-state index in [4.69, 9.17) is 9.84 Å². The SMILES string of the molecule is O=C(O)[C@@H]1CO[C@@](CBr)(c2ccc(F)cc2F)C1. The Kier molecular flexibility index (Phi) is 3.68. The van der Waals surface area contributed by atoms with Crippen LogP contribution in [0.25, 0.3) is 0 Å². The molecule has 0 unspecified atom stereocenters. The number of benzene rings is 1. The second-order valence-corrected chi connectivity index (χ2v) is 4.86. The van der Waals surface area contributed by atoms with E-state index >= 15 is 0 Å². The molecule has 0 amide bonds. The first kappa shape index (κ1) is 13.4. The predicted molar refractivity (Wildman–Crippen MR) is 63.5 cm³/mol. The highest BCUT2D eigenvalue weighted by molar-refractivity contribution is 9.09. The number of rotatable bonds is 3. The Bertz CT molecular complexity index is 480. The molecule has 0 aromatic heterocycles. The van der Waals surface area contributed by atoms with E-state index in [1.807, 2.05) is 0 Å². The molecule has 0 aliphatic carbocycles. The van der Waals surface area contributed by atoms with E-state index in [1.165, 1.54) is 6.07 Å². The highest BCUT2D eigenvalue weighted by atomic mass is 79.9. The van der Waals surface area contributed by atoms with Crippen molar-refractivity contribution in [2.24, 2.45) is 5.92 Å². The van der Waals surface area contributed by atoms with Gasteiger partial charge in [0.1, 0.15) is 17.2 Å². The van der Waals surface area contributed by atoms with Gasteiger partial charge in [-0.25, -0.2) is 8.78 Å². The Morgan fingerprint density at radius 2 is 2.28 bits per heavy atom. The van der Waals surface area contributed by atoms with Gasteiger partial charge in [-0.3, -0.25) is 4.79 Å². The molecular formula is C12H11BrF2O3. The summed E-state index contributed by atoms with van der Waals surface area (Å²) in [6, 6.07) is 3.22. The molecule has 0 radical (unpaired) electrons. The lowest BCUT2D eigenvalue weighted by atomic mass is 9.88. The summed E-state index contributed by atoms with van der Waals surface area (Å²) in [5, 5.41) is 9.21. The maximum absolute atomic E-state index is 13.8. The largest absolute Gasteiger partial charge is 0.481 e. The van der Waals surface area contributed by atoms with Crippen molar-refractivity contribution >= 4 is 21.9 Å². The number of carboxylic acid groups (broad SMARTS) is 1. The van der Waals surface area contributed by atoms with E-state index in [-0.39, 0.29) is 23.9 Å². The van der Waals surface area contributed by atoms with Crippen LogP contribution in [0.3, 0.4) is 0 Å². The highest BCUT2D eigenvalue weighted by Gasteiger charge is 2.45. The van der Waals surface area contributed by atoms with E-state index < -0.39 is 29.1 Å². The summed E-state index contributed by atoms with van der Waals surface area (Å²) in [6.07, 6.45) is 0.163. The summed E-state index contributed by atoms with van der Waals surface area (Å²) < 4.78 is 32.1. The molecule has 0 bridgehead atoms. The van der Waals surface area contributed by atoms with Crippen molar-refractivity contribution in [1.82, 2.24) is 0 Å². The van der Waals surface area contributed by atoms with Crippen LogP contribution in [0.15, 0.2) is 18.2 Å². The number of hydrogen-bond donors (Lipinski definition) is 1. The minimum absolute atomic E-state index is 0.0255. The molecule has 1 aliphatic rings. The molecule has 98 valence electrons. The lowest BCUT2D eigenvalue weighted by Gasteiger charge is -2.27. The standard InChI is InChI=1S/C12H11BrF2O3/c13-6-12(4-7(5-18-12)11(16)17)9-2-1-8(14)3-10(9)15/h1-3,7H,4-6H2,(H,16,17)/t7-,12-/m0/s1. The zero-order valence-corrected chi connectivity index (χ0v) is 10.9. The number of alkyl halides is 1. The number of halogens is 3. The summed E-state index contributed by atoms with van der Waals surface area (Å²) >= 11 is 3.22. The number of carbonyl (C=O) groups is 1. The second kappa shape index (κ2) is 4.93. The van der Waals surface area contributed by atoms with Crippen LogP contribution in [-0.4, -0.2) is 23.0 Å². The number of ether oxygens (including phenoxy) is 1. The predicted octanol–water partition coefficient (Wildman–Crippen LogP) is 2.68. The minimum Gasteiger partial charge on any atom is -0.481 e. The van der Waals surface area contributed by atoms with Crippen LogP contribution < -0.4 is 0 Å². The molecule has 1 aliphatic heterocycles. The molecule has 18 heavy (non-hydrogen) atoms. The van der Waals surface area contributed by atoms with Crippen molar-refractivity contribution < 1.29 is 23.4 Å². The Labute approximate surface area is 111 Å². The summed E-state index contributed by atoms with van der Waals surface area (Å²) in [7, 11) is 0. The molecule has 2 rings (SSSR count). The van der Waals surface area contributed by atoms with Crippen molar-refractivity contribution in [3.63, 3.8) is 0 Å². The van der Waals surface area contributed by atoms with Crippen molar-refractivity contribution in [3.05, 3.63) is 35.4 Å². The topological polar surface area (TPSA) is 46.5 Å². The molecule has 1 N–H and O–H groups in total. The van der Waals surface area contributed by atoms with Crippen LogP contribution in [-0.2, 0) is 15.1 Å². The van der Waals surface area contributed by atoms with Gasteiger partial charge in [0.15, 0.2) is 0 Å². The monoisotopic (exact) mass is 320 g/mol. The molecule has 1 aromatic carbocycles. The van der Waals surface area contributed by atoms with Crippen LogP contribution in [0.1, 0.15) is 12.0 Å². The van der Waals surface area contributed by atoms with E-state index in [2.05, 4.69) is 15.9 Å². The molecule has 6 heteroatoms. The average Bonchev–Trinajstić information content (AvgIpc) is 2.74. The van der Waals surface area contributed by atoms with Crippen LogP contribution in [0.2, 0.25) is 0 Å². The zero-order valence-electron chi connectivity index (χ0n) is 9.33. The summed E-state index contributed by atoms with van der Waals surface area (Å²) in [4.78, 5) is 10.9. The third-order valence-corrected chi connectivity index (χ3v) is 4.03. The second-order valence-electron chi connectivity index (χ2n) is 4.30. The third-order valence-electron chi connectivity index (χ3n) is 3.12. The quantitative estimate of drug-likeness (QED) is 0.871. The van der Waals surface area contributed by atoms with Gasteiger partial charge in [-0.05, 0) is 12.5 Å². The summed E-state index contributed by atoms with van der Waals surface area (Å²) in [5.41, 5.74) is -0.856.